The molecule has 0 unspecified atom stereocenters. The van der Waals surface area contributed by atoms with E-state index in [0.717, 1.165) is 28.5 Å². The lowest BCUT2D eigenvalue weighted by atomic mass is 10.3. The third kappa shape index (κ3) is 3.08. The molecule has 25 heavy (non-hydrogen) atoms. The summed E-state index contributed by atoms with van der Waals surface area (Å²) >= 11 is 7.30. The van der Waals surface area contributed by atoms with E-state index in [-0.39, 0.29) is 0 Å². The zero-order chi connectivity index (χ0) is 17.6. The largest absolute Gasteiger partial charge is 0.281 e. The van der Waals surface area contributed by atoms with Crippen LogP contribution in [0.25, 0.3) is 16.0 Å². The van der Waals surface area contributed by atoms with E-state index in [1.165, 1.54) is 4.70 Å². The van der Waals surface area contributed by atoms with Gasteiger partial charge in [-0.15, -0.1) is 16.4 Å². The molecule has 0 N–H and O–H groups in total. The minimum absolute atomic E-state index is 0.594. The molecule has 0 aliphatic carbocycles. The molecule has 0 radical (unpaired) electrons. The van der Waals surface area contributed by atoms with Gasteiger partial charge >= 0.3 is 0 Å². The first-order chi connectivity index (χ1) is 12.0. The molecule has 4 rings (SSSR count). The van der Waals surface area contributed by atoms with Crippen molar-refractivity contribution >= 4 is 39.5 Å². The molecule has 0 atom stereocenters. The lowest BCUT2D eigenvalue weighted by Gasteiger charge is -2.14. The second-order valence-electron chi connectivity index (χ2n) is 6.19. The van der Waals surface area contributed by atoms with Crippen LogP contribution in [0.5, 0.6) is 0 Å². The highest BCUT2D eigenvalue weighted by Crippen LogP contribution is 2.22. The highest BCUT2D eigenvalue weighted by molar-refractivity contribution is 7.71. The second kappa shape index (κ2) is 6.29. The first kappa shape index (κ1) is 16.3. The van der Waals surface area contributed by atoms with Crippen LogP contribution < -0.4 is 0 Å². The topological polar surface area (TPSA) is 51.2 Å². The van der Waals surface area contributed by atoms with Crippen LogP contribution in [0, 0.1) is 18.6 Å². The van der Waals surface area contributed by atoms with Crippen molar-refractivity contribution < 1.29 is 0 Å². The van der Waals surface area contributed by atoms with E-state index in [1.807, 2.05) is 54.2 Å². The molecule has 0 fully saturated rings. The molecule has 0 aliphatic rings. The number of thiazole rings is 1. The highest BCUT2D eigenvalue weighted by Gasteiger charge is 2.11. The molecule has 0 spiro atoms. The Morgan fingerprint density at radius 2 is 2.00 bits per heavy atom. The molecule has 8 heteroatoms. The van der Waals surface area contributed by atoms with Crippen LogP contribution >= 0.6 is 23.6 Å². The number of benzene rings is 1. The van der Waals surface area contributed by atoms with E-state index in [9.17, 15) is 0 Å². The van der Waals surface area contributed by atoms with Gasteiger partial charge in [0.1, 0.15) is 5.01 Å². The zero-order valence-electron chi connectivity index (χ0n) is 14.3. The molecular formula is C17H18N6S2. The lowest BCUT2D eigenvalue weighted by Crippen LogP contribution is -2.22. The SMILES string of the molecule is Cc1cc(C)n2c(=S)n(CN(C)Cc3nc4ccccc4s3)nc2n1. The van der Waals surface area contributed by atoms with Crippen LogP contribution in [0.1, 0.15) is 16.4 Å². The van der Waals surface area contributed by atoms with E-state index in [2.05, 4.69) is 26.0 Å². The summed E-state index contributed by atoms with van der Waals surface area (Å²) in [4.78, 5) is 11.3. The summed E-state index contributed by atoms with van der Waals surface area (Å²) in [7, 11) is 2.05. The van der Waals surface area contributed by atoms with E-state index in [1.54, 1.807) is 11.3 Å². The molecule has 0 aliphatic heterocycles. The van der Waals surface area contributed by atoms with E-state index in [0.29, 0.717) is 17.2 Å². The first-order valence-corrected chi connectivity index (χ1v) is 9.20. The number of para-hydroxylation sites is 1. The summed E-state index contributed by atoms with van der Waals surface area (Å²) < 4.78 is 5.60. The molecular weight excluding hydrogens is 352 g/mol. The van der Waals surface area contributed by atoms with Crippen molar-refractivity contribution in [3.63, 3.8) is 0 Å². The maximum Gasteiger partial charge on any atom is 0.254 e. The Labute approximate surface area is 154 Å². The summed E-state index contributed by atoms with van der Waals surface area (Å²) in [6, 6.07) is 10.2. The van der Waals surface area contributed by atoms with E-state index < -0.39 is 0 Å². The van der Waals surface area contributed by atoms with Gasteiger partial charge in [-0.25, -0.2) is 14.6 Å². The van der Waals surface area contributed by atoms with Crippen LogP contribution in [-0.2, 0) is 13.2 Å². The van der Waals surface area contributed by atoms with Gasteiger partial charge in [0.25, 0.3) is 5.78 Å². The minimum atomic E-state index is 0.594. The van der Waals surface area contributed by atoms with Gasteiger partial charge in [0, 0.05) is 11.4 Å². The van der Waals surface area contributed by atoms with Crippen molar-refractivity contribution in [1.29, 1.82) is 0 Å². The van der Waals surface area contributed by atoms with Crippen LogP contribution in [0.4, 0.5) is 0 Å². The molecule has 128 valence electrons. The van der Waals surface area contributed by atoms with Crippen LogP contribution in [-0.4, -0.2) is 36.1 Å². The highest BCUT2D eigenvalue weighted by atomic mass is 32.1. The number of aryl methyl sites for hydroxylation is 2. The summed E-state index contributed by atoms with van der Waals surface area (Å²) in [5.74, 6) is 0.649. The smallest absolute Gasteiger partial charge is 0.254 e. The molecule has 0 amide bonds. The van der Waals surface area contributed by atoms with Crippen molar-refractivity contribution in [2.45, 2.75) is 27.1 Å². The number of fused-ring (bicyclic) bond motifs is 2. The van der Waals surface area contributed by atoms with Crippen molar-refractivity contribution in [3.8, 4) is 0 Å². The predicted octanol–water partition coefficient (Wildman–Crippen LogP) is 3.58. The monoisotopic (exact) mass is 370 g/mol. The molecule has 3 heterocycles. The Morgan fingerprint density at radius 3 is 2.80 bits per heavy atom. The predicted molar refractivity (Wildman–Crippen MR) is 102 cm³/mol. The second-order valence-corrected chi connectivity index (χ2v) is 7.67. The van der Waals surface area contributed by atoms with Gasteiger partial charge in [0.05, 0.1) is 23.4 Å². The van der Waals surface area contributed by atoms with Gasteiger partial charge in [-0.3, -0.25) is 9.30 Å². The third-order valence-electron chi connectivity index (χ3n) is 3.99. The third-order valence-corrected chi connectivity index (χ3v) is 5.40. The Kier molecular flexibility index (Phi) is 4.10. The Bertz CT molecular complexity index is 1090. The maximum absolute atomic E-state index is 5.58. The number of hydrogen-bond donors (Lipinski definition) is 0. The van der Waals surface area contributed by atoms with Crippen LogP contribution in [0.3, 0.4) is 0 Å². The van der Waals surface area contributed by atoms with Crippen molar-refractivity contribution in [2.24, 2.45) is 0 Å². The minimum Gasteiger partial charge on any atom is -0.281 e. The summed E-state index contributed by atoms with van der Waals surface area (Å²) in [5, 5.41) is 5.65. The Hall–Kier alpha value is -2.16. The summed E-state index contributed by atoms with van der Waals surface area (Å²) in [6.45, 7) is 5.33. The first-order valence-electron chi connectivity index (χ1n) is 7.98. The fourth-order valence-corrected chi connectivity index (χ4v) is 4.30. The summed E-state index contributed by atoms with van der Waals surface area (Å²) in [6.07, 6.45) is 0. The van der Waals surface area contributed by atoms with Gasteiger partial charge in [0.15, 0.2) is 0 Å². The molecule has 0 bridgehead atoms. The van der Waals surface area contributed by atoms with Crippen molar-refractivity contribution in [2.75, 3.05) is 7.05 Å². The van der Waals surface area contributed by atoms with Gasteiger partial charge in [-0.2, -0.15) is 0 Å². The fourth-order valence-electron chi connectivity index (χ4n) is 2.92. The number of rotatable bonds is 4. The normalized spacial score (nSPS) is 11.8. The number of hydrogen-bond acceptors (Lipinski definition) is 6. The molecule has 6 nitrogen and oxygen atoms in total. The number of aromatic nitrogens is 5. The van der Waals surface area contributed by atoms with Gasteiger partial charge in [-0.1, -0.05) is 12.1 Å². The zero-order valence-corrected chi connectivity index (χ0v) is 15.9. The molecule has 3 aromatic heterocycles. The lowest BCUT2D eigenvalue weighted by molar-refractivity contribution is 0.244. The molecule has 0 saturated carbocycles. The fraction of sp³-hybridized carbons (Fsp3) is 0.294. The van der Waals surface area contributed by atoms with Gasteiger partial charge < -0.3 is 0 Å². The van der Waals surface area contributed by atoms with Crippen molar-refractivity contribution in [1.82, 2.24) is 29.0 Å². The molecule has 4 aromatic rings. The molecule has 1 aromatic carbocycles. The Morgan fingerprint density at radius 1 is 1.20 bits per heavy atom. The van der Waals surface area contributed by atoms with E-state index in [4.69, 9.17) is 12.2 Å². The standard InChI is InChI=1S/C17H18N6S2/c1-11-8-12(2)23-16(18-11)20-22(17(23)24)10-21(3)9-15-19-13-6-4-5-7-14(13)25-15/h4-8H,9-10H2,1-3H3. The van der Waals surface area contributed by atoms with Gasteiger partial charge in [-0.05, 0) is 51.3 Å². The maximum atomic E-state index is 5.58. The quantitative estimate of drug-likeness (QED) is 0.514. The summed E-state index contributed by atoms with van der Waals surface area (Å²) in [5.41, 5.74) is 3.04. The Balaban J connectivity index is 1.59. The van der Waals surface area contributed by atoms with Gasteiger partial charge in [0.2, 0.25) is 4.77 Å². The van der Waals surface area contributed by atoms with Crippen molar-refractivity contribution in [3.05, 3.63) is 51.5 Å². The number of nitrogens with zero attached hydrogens (tertiary/aromatic N) is 6. The average molecular weight is 371 g/mol. The van der Waals surface area contributed by atoms with Crippen LogP contribution in [0.2, 0.25) is 0 Å². The van der Waals surface area contributed by atoms with E-state index >= 15 is 0 Å². The molecule has 0 saturated heterocycles. The average Bonchev–Trinajstić information content (AvgIpc) is 3.08. The van der Waals surface area contributed by atoms with Crippen LogP contribution in [0.15, 0.2) is 30.3 Å².